The van der Waals surface area contributed by atoms with Crippen LogP contribution in [0, 0.1) is 5.92 Å². The summed E-state index contributed by atoms with van der Waals surface area (Å²) in [6.45, 7) is 7.24. The summed E-state index contributed by atoms with van der Waals surface area (Å²) in [6.07, 6.45) is 2.41. The molecule has 0 bridgehead atoms. The van der Waals surface area contributed by atoms with Crippen LogP contribution < -0.4 is 5.32 Å². The van der Waals surface area contributed by atoms with Gasteiger partial charge < -0.3 is 10.1 Å². The van der Waals surface area contributed by atoms with E-state index in [9.17, 15) is 0 Å². The van der Waals surface area contributed by atoms with E-state index < -0.39 is 0 Å². The minimum absolute atomic E-state index is 0.569. The van der Waals surface area contributed by atoms with Gasteiger partial charge in [0.15, 0.2) is 5.17 Å². The van der Waals surface area contributed by atoms with Gasteiger partial charge in [-0.15, -0.1) is 0 Å². The van der Waals surface area contributed by atoms with Crippen LogP contribution in [0.5, 0.6) is 0 Å². The molecule has 1 N–H and O–H groups in total. The molecule has 2 heterocycles. The molecule has 2 saturated heterocycles. The van der Waals surface area contributed by atoms with E-state index >= 15 is 0 Å². The van der Waals surface area contributed by atoms with E-state index in [1.54, 1.807) is 0 Å². The van der Waals surface area contributed by atoms with Crippen molar-refractivity contribution in [3.8, 4) is 0 Å². The summed E-state index contributed by atoms with van der Waals surface area (Å²) in [7, 11) is 0. The third-order valence-corrected chi connectivity index (χ3v) is 3.95. The lowest BCUT2D eigenvalue weighted by Crippen LogP contribution is -2.38. The minimum atomic E-state index is 0.569. The summed E-state index contributed by atoms with van der Waals surface area (Å²) in [5.41, 5.74) is 0. The molecule has 3 atom stereocenters. The number of rotatable bonds is 2. The Labute approximate surface area is 96.1 Å². The molecule has 86 valence electrons. The van der Waals surface area contributed by atoms with E-state index in [0.29, 0.717) is 17.2 Å². The SMILES string of the molecule is CC1CC(C)SC(=NCC2CCOC2)N1. The van der Waals surface area contributed by atoms with E-state index in [4.69, 9.17) is 4.74 Å². The van der Waals surface area contributed by atoms with E-state index in [1.165, 1.54) is 12.8 Å². The first-order chi connectivity index (χ1) is 7.24. The lowest BCUT2D eigenvalue weighted by molar-refractivity contribution is 0.187. The molecule has 4 heteroatoms. The van der Waals surface area contributed by atoms with E-state index in [0.717, 1.165) is 24.9 Å². The van der Waals surface area contributed by atoms with Gasteiger partial charge in [-0.25, -0.2) is 0 Å². The molecule has 0 aromatic rings. The molecule has 2 fully saturated rings. The number of hydrogen-bond acceptors (Lipinski definition) is 3. The van der Waals surface area contributed by atoms with Crippen molar-refractivity contribution in [2.45, 2.75) is 38.0 Å². The molecule has 0 saturated carbocycles. The van der Waals surface area contributed by atoms with Gasteiger partial charge in [0.05, 0.1) is 6.61 Å². The fourth-order valence-electron chi connectivity index (χ4n) is 2.06. The minimum Gasteiger partial charge on any atom is -0.381 e. The number of aliphatic imine (C=N–C) groups is 1. The van der Waals surface area contributed by atoms with Crippen molar-refractivity contribution in [3.05, 3.63) is 0 Å². The zero-order chi connectivity index (χ0) is 10.7. The average molecular weight is 228 g/mol. The molecule has 0 amide bonds. The Balaban J connectivity index is 1.82. The van der Waals surface area contributed by atoms with E-state index in [2.05, 4.69) is 24.2 Å². The van der Waals surface area contributed by atoms with Crippen LogP contribution in [0.15, 0.2) is 4.99 Å². The highest BCUT2D eigenvalue weighted by molar-refractivity contribution is 8.14. The lowest BCUT2D eigenvalue weighted by Gasteiger charge is -2.27. The van der Waals surface area contributed by atoms with Gasteiger partial charge in [-0.05, 0) is 19.8 Å². The van der Waals surface area contributed by atoms with Crippen molar-refractivity contribution in [1.82, 2.24) is 5.32 Å². The van der Waals surface area contributed by atoms with Gasteiger partial charge in [0, 0.05) is 30.4 Å². The number of nitrogens with one attached hydrogen (secondary N) is 1. The number of thioether (sulfide) groups is 1. The molecule has 0 radical (unpaired) electrons. The highest BCUT2D eigenvalue weighted by Crippen LogP contribution is 2.23. The Kier molecular flexibility index (Phi) is 3.92. The van der Waals surface area contributed by atoms with Crippen LogP contribution in [0.3, 0.4) is 0 Å². The Morgan fingerprint density at radius 3 is 3.07 bits per heavy atom. The summed E-state index contributed by atoms with van der Waals surface area (Å²) >= 11 is 1.87. The maximum atomic E-state index is 5.34. The van der Waals surface area contributed by atoms with Gasteiger partial charge in [0.25, 0.3) is 0 Å². The predicted molar refractivity (Wildman–Crippen MR) is 65.5 cm³/mol. The van der Waals surface area contributed by atoms with Gasteiger partial charge in [-0.2, -0.15) is 0 Å². The fraction of sp³-hybridized carbons (Fsp3) is 0.909. The van der Waals surface area contributed by atoms with Crippen LogP contribution in [-0.4, -0.2) is 36.2 Å². The Morgan fingerprint density at radius 1 is 1.53 bits per heavy atom. The normalized spacial score (nSPS) is 39.3. The van der Waals surface area contributed by atoms with Crippen LogP contribution in [0.1, 0.15) is 26.7 Å². The predicted octanol–water partition coefficient (Wildman–Crippen LogP) is 1.88. The summed E-state index contributed by atoms with van der Waals surface area (Å²) < 4.78 is 5.34. The molecule has 3 unspecified atom stereocenters. The molecular formula is C11H20N2OS. The molecule has 2 aliphatic heterocycles. The topological polar surface area (TPSA) is 33.6 Å². The molecule has 0 aromatic heterocycles. The lowest BCUT2D eigenvalue weighted by atomic mass is 10.1. The summed E-state index contributed by atoms with van der Waals surface area (Å²) in [4.78, 5) is 4.65. The van der Waals surface area contributed by atoms with Crippen molar-refractivity contribution >= 4 is 16.9 Å². The highest BCUT2D eigenvalue weighted by Gasteiger charge is 2.20. The van der Waals surface area contributed by atoms with Crippen LogP contribution >= 0.6 is 11.8 Å². The second-order valence-electron chi connectivity index (χ2n) is 4.59. The van der Waals surface area contributed by atoms with Crippen molar-refractivity contribution in [2.75, 3.05) is 19.8 Å². The zero-order valence-corrected chi connectivity index (χ0v) is 10.3. The first-order valence-corrected chi connectivity index (χ1v) is 6.67. The number of hydrogen-bond donors (Lipinski definition) is 1. The van der Waals surface area contributed by atoms with Crippen LogP contribution in [0.4, 0.5) is 0 Å². The van der Waals surface area contributed by atoms with Gasteiger partial charge in [0.1, 0.15) is 0 Å². The second kappa shape index (κ2) is 5.21. The van der Waals surface area contributed by atoms with E-state index in [-0.39, 0.29) is 0 Å². The standard InChI is InChI=1S/C11H20N2OS/c1-8-5-9(2)15-11(13-8)12-6-10-3-4-14-7-10/h8-10H,3-7H2,1-2H3,(H,12,13). The van der Waals surface area contributed by atoms with E-state index in [1.807, 2.05) is 11.8 Å². The first-order valence-electron chi connectivity index (χ1n) is 5.79. The summed E-state index contributed by atoms with van der Waals surface area (Å²) in [5, 5.41) is 5.27. The second-order valence-corrected chi connectivity index (χ2v) is 6.01. The molecular weight excluding hydrogens is 208 g/mol. The highest BCUT2D eigenvalue weighted by atomic mass is 32.2. The molecule has 0 aliphatic carbocycles. The average Bonchev–Trinajstić information content (AvgIpc) is 2.65. The third-order valence-electron chi connectivity index (χ3n) is 2.89. The maximum Gasteiger partial charge on any atom is 0.157 e. The van der Waals surface area contributed by atoms with Crippen LogP contribution in [-0.2, 0) is 4.74 Å². The molecule has 0 aromatic carbocycles. The van der Waals surface area contributed by atoms with Crippen molar-refractivity contribution in [1.29, 1.82) is 0 Å². The van der Waals surface area contributed by atoms with Gasteiger partial charge in [0.2, 0.25) is 0 Å². The van der Waals surface area contributed by atoms with Crippen molar-refractivity contribution in [3.63, 3.8) is 0 Å². The summed E-state index contributed by atoms with van der Waals surface area (Å²) in [5.74, 6) is 0.646. The van der Waals surface area contributed by atoms with Crippen LogP contribution in [0.2, 0.25) is 0 Å². The van der Waals surface area contributed by atoms with Crippen molar-refractivity contribution in [2.24, 2.45) is 10.9 Å². The molecule has 2 aliphatic rings. The van der Waals surface area contributed by atoms with Crippen molar-refractivity contribution < 1.29 is 4.74 Å². The summed E-state index contributed by atoms with van der Waals surface area (Å²) in [6, 6.07) is 0.569. The Bertz CT molecular complexity index is 227. The largest absolute Gasteiger partial charge is 0.381 e. The molecule has 0 spiro atoms. The first kappa shape index (κ1) is 11.3. The quantitative estimate of drug-likeness (QED) is 0.783. The monoisotopic (exact) mass is 228 g/mol. The number of nitrogens with zero attached hydrogens (tertiary/aromatic N) is 1. The Hall–Kier alpha value is -0.220. The number of amidine groups is 1. The zero-order valence-electron chi connectivity index (χ0n) is 9.53. The van der Waals surface area contributed by atoms with Crippen LogP contribution in [0.25, 0.3) is 0 Å². The Morgan fingerprint density at radius 2 is 2.40 bits per heavy atom. The molecule has 15 heavy (non-hydrogen) atoms. The fourth-order valence-corrected chi connectivity index (χ4v) is 3.25. The smallest absolute Gasteiger partial charge is 0.157 e. The maximum absolute atomic E-state index is 5.34. The number of ether oxygens (including phenoxy) is 1. The van der Waals surface area contributed by atoms with Gasteiger partial charge >= 0.3 is 0 Å². The molecule has 2 rings (SSSR count). The molecule has 3 nitrogen and oxygen atoms in total. The van der Waals surface area contributed by atoms with Gasteiger partial charge in [-0.1, -0.05) is 18.7 Å². The third kappa shape index (κ3) is 3.38. The van der Waals surface area contributed by atoms with Gasteiger partial charge in [-0.3, -0.25) is 4.99 Å².